The molecule has 0 aliphatic carbocycles. The Bertz CT molecular complexity index is 1460. The molecule has 10 nitrogen and oxygen atoms in total. The van der Waals surface area contributed by atoms with Crippen LogP contribution in [-0.2, 0) is 19.2 Å². The number of nitrogens with one attached hydrogen (secondary N) is 3. The number of carboxylic acid groups (broad SMARTS) is 2. The fourth-order valence-electron chi connectivity index (χ4n) is 3.77. The molecule has 16 heteroatoms. The number of amides is 1. The minimum Gasteiger partial charge on any atom is -0.475 e. The number of carbonyl (C=O) groups excluding carboxylic acids is 2. The molecule has 2 aromatic carbocycles. The van der Waals surface area contributed by atoms with Gasteiger partial charge in [-0.05, 0) is 50.6 Å². The monoisotopic (exact) mass is 676 g/mol. The molecule has 0 aliphatic rings. The molecular weight excluding hydrogens is 638 g/mol. The van der Waals surface area contributed by atoms with Crippen LogP contribution in [0.2, 0.25) is 0 Å². The second-order valence-corrected chi connectivity index (χ2v) is 10.7. The predicted molar refractivity (Wildman–Crippen MR) is 161 cm³/mol. The third-order valence-corrected chi connectivity index (χ3v) is 6.81. The highest BCUT2D eigenvalue weighted by Crippen LogP contribution is 2.26. The van der Waals surface area contributed by atoms with Gasteiger partial charge < -0.3 is 25.8 Å². The molecule has 1 atom stereocenters. The fourth-order valence-corrected chi connectivity index (χ4v) is 3.77. The Labute approximate surface area is 267 Å². The van der Waals surface area contributed by atoms with Gasteiger partial charge in [0.25, 0.3) is 0 Å². The first-order valence-corrected chi connectivity index (χ1v) is 14.4. The highest BCUT2D eigenvalue weighted by Gasteiger charge is 2.39. The fraction of sp³-hybridized carbons (Fsp3) is 0.452. The van der Waals surface area contributed by atoms with Crippen LogP contribution in [-0.4, -0.2) is 68.7 Å². The molecule has 0 unspecified atom stereocenters. The SMILES string of the molecule is CCC(=O)CCCCC[C@H](NC(=O)C(C)(C)NC)c1ncc(-c2ccc3ccccc3c2)[nH]1.O=C(O)C(F)(F)F.O=C(O)C(F)(F)F. The molecule has 1 amide bonds. The maximum Gasteiger partial charge on any atom is 0.490 e. The van der Waals surface area contributed by atoms with E-state index >= 15 is 0 Å². The summed E-state index contributed by atoms with van der Waals surface area (Å²) in [6.07, 6.45) is -3.59. The number of hydrogen-bond acceptors (Lipinski definition) is 6. The van der Waals surface area contributed by atoms with Crippen molar-refractivity contribution < 1.29 is 55.7 Å². The van der Waals surface area contributed by atoms with Crippen LogP contribution in [0.25, 0.3) is 22.0 Å². The van der Waals surface area contributed by atoms with E-state index in [2.05, 4.69) is 50.9 Å². The van der Waals surface area contributed by atoms with Crippen molar-refractivity contribution in [1.29, 1.82) is 0 Å². The van der Waals surface area contributed by atoms with Crippen molar-refractivity contribution in [3.63, 3.8) is 0 Å². The van der Waals surface area contributed by atoms with Gasteiger partial charge in [-0.25, -0.2) is 14.6 Å². The number of carbonyl (C=O) groups is 4. The molecule has 0 spiro atoms. The number of H-pyrrole nitrogens is 1. The second-order valence-electron chi connectivity index (χ2n) is 10.7. The topological polar surface area (TPSA) is 161 Å². The summed E-state index contributed by atoms with van der Waals surface area (Å²) in [5.74, 6) is -4.52. The van der Waals surface area contributed by atoms with Crippen molar-refractivity contribution in [3.05, 3.63) is 54.5 Å². The Kier molecular flexibility index (Phi) is 15.5. The number of alkyl halides is 6. The molecule has 0 saturated heterocycles. The number of benzene rings is 2. The number of hydrogen-bond donors (Lipinski definition) is 5. The lowest BCUT2D eigenvalue weighted by molar-refractivity contribution is -0.193. The van der Waals surface area contributed by atoms with E-state index < -0.39 is 29.8 Å². The quantitative estimate of drug-likeness (QED) is 0.106. The number of carboxylic acids is 2. The molecular formula is C31H38F6N4O6. The maximum atomic E-state index is 12.9. The van der Waals surface area contributed by atoms with E-state index in [4.69, 9.17) is 19.8 Å². The molecule has 3 rings (SSSR count). The van der Waals surface area contributed by atoms with E-state index in [1.807, 2.05) is 39.1 Å². The van der Waals surface area contributed by atoms with E-state index in [0.29, 0.717) is 18.6 Å². The zero-order valence-corrected chi connectivity index (χ0v) is 26.2. The molecule has 260 valence electrons. The smallest absolute Gasteiger partial charge is 0.475 e. The first-order chi connectivity index (χ1) is 21.7. The molecule has 47 heavy (non-hydrogen) atoms. The summed E-state index contributed by atoms with van der Waals surface area (Å²) < 4.78 is 63.5. The van der Waals surface area contributed by atoms with Crippen molar-refractivity contribution in [2.75, 3.05) is 7.05 Å². The van der Waals surface area contributed by atoms with Crippen LogP contribution in [0.3, 0.4) is 0 Å². The van der Waals surface area contributed by atoms with Crippen molar-refractivity contribution in [3.8, 4) is 11.3 Å². The first kappa shape index (κ1) is 40.6. The summed E-state index contributed by atoms with van der Waals surface area (Å²) in [6, 6.07) is 14.4. The molecule has 5 N–H and O–H groups in total. The minimum absolute atomic E-state index is 0.0696. The number of rotatable bonds is 12. The van der Waals surface area contributed by atoms with Gasteiger partial charge in [0, 0.05) is 18.4 Å². The third-order valence-electron chi connectivity index (χ3n) is 6.81. The standard InChI is InChI=1S/C27H36N4O2.2C2HF3O2/c1-5-22(32)13-7-6-8-14-23(31-26(33)27(2,3)28-4)25-29-18-24(30-25)21-16-15-19-11-9-10-12-20(19)17-21;2*3-2(4,5)1(6)7/h9-12,15-18,23,28H,5-8,13-14H2,1-4H3,(H,29,30)(H,31,33);2*(H,6,7)/t23-;;/m0../s1. The van der Waals surface area contributed by atoms with Crippen LogP contribution in [0.4, 0.5) is 26.3 Å². The number of halogens is 6. The predicted octanol–water partition coefficient (Wildman–Crippen LogP) is 6.58. The molecule has 0 aliphatic heterocycles. The summed E-state index contributed by atoms with van der Waals surface area (Å²) in [4.78, 5) is 50.3. The molecule has 0 saturated carbocycles. The summed E-state index contributed by atoms with van der Waals surface area (Å²) in [5, 5.41) is 22.8. The van der Waals surface area contributed by atoms with Crippen molar-refractivity contribution >= 4 is 34.4 Å². The van der Waals surface area contributed by atoms with Crippen LogP contribution in [0.1, 0.15) is 71.2 Å². The van der Waals surface area contributed by atoms with Gasteiger partial charge in [0.15, 0.2) is 0 Å². The lowest BCUT2D eigenvalue weighted by atomic mass is 10.0. The van der Waals surface area contributed by atoms with E-state index in [1.54, 1.807) is 7.05 Å². The average molecular weight is 677 g/mol. The number of ketones is 1. The van der Waals surface area contributed by atoms with Crippen LogP contribution in [0.15, 0.2) is 48.7 Å². The number of aliphatic carboxylic acids is 2. The number of fused-ring (bicyclic) bond motifs is 1. The van der Waals surface area contributed by atoms with Crippen LogP contribution >= 0.6 is 0 Å². The van der Waals surface area contributed by atoms with Crippen molar-refractivity contribution in [1.82, 2.24) is 20.6 Å². The summed E-state index contributed by atoms with van der Waals surface area (Å²) in [5.41, 5.74) is 1.31. The zero-order chi connectivity index (χ0) is 36.0. The summed E-state index contributed by atoms with van der Waals surface area (Å²) >= 11 is 0. The lowest BCUT2D eigenvalue weighted by Crippen LogP contribution is -2.52. The number of aromatic amines is 1. The highest BCUT2D eigenvalue weighted by atomic mass is 19.4. The molecule has 0 bridgehead atoms. The van der Waals surface area contributed by atoms with Crippen LogP contribution in [0.5, 0.6) is 0 Å². The van der Waals surface area contributed by atoms with Crippen LogP contribution < -0.4 is 10.6 Å². The Morgan fingerprint density at radius 2 is 1.43 bits per heavy atom. The van der Waals surface area contributed by atoms with Crippen molar-refractivity contribution in [2.24, 2.45) is 0 Å². The van der Waals surface area contributed by atoms with Gasteiger partial charge in [-0.1, -0.05) is 56.2 Å². The minimum atomic E-state index is -5.08. The second kappa shape index (κ2) is 18.0. The zero-order valence-electron chi connectivity index (χ0n) is 26.2. The van der Waals surface area contributed by atoms with Crippen LogP contribution in [0, 0.1) is 0 Å². The summed E-state index contributed by atoms with van der Waals surface area (Å²) in [6.45, 7) is 5.62. The number of aromatic nitrogens is 2. The van der Waals surface area contributed by atoms with E-state index in [9.17, 15) is 35.9 Å². The number of Topliss-reactive ketones (excluding diaryl/α,β-unsaturated/α-hetero) is 1. The number of likely N-dealkylation sites (N-methyl/N-ethyl adjacent to an activating group) is 1. The largest absolute Gasteiger partial charge is 0.490 e. The highest BCUT2D eigenvalue weighted by molar-refractivity contribution is 5.87. The van der Waals surface area contributed by atoms with Gasteiger partial charge in [0.1, 0.15) is 11.6 Å². The van der Waals surface area contributed by atoms with Crippen molar-refractivity contribution in [2.45, 2.75) is 83.2 Å². The van der Waals surface area contributed by atoms with E-state index in [1.165, 1.54) is 10.8 Å². The van der Waals surface area contributed by atoms with E-state index in [-0.39, 0.29) is 11.9 Å². The van der Waals surface area contributed by atoms with Gasteiger partial charge in [0.05, 0.1) is 23.5 Å². The van der Waals surface area contributed by atoms with E-state index in [0.717, 1.165) is 42.8 Å². The third kappa shape index (κ3) is 14.2. The van der Waals surface area contributed by atoms with Gasteiger partial charge in [-0.3, -0.25) is 9.59 Å². The van der Waals surface area contributed by atoms with Gasteiger partial charge in [-0.2, -0.15) is 26.3 Å². The number of imidazole rings is 1. The van der Waals surface area contributed by atoms with Gasteiger partial charge >= 0.3 is 24.3 Å². The Morgan fingerprint density at radius 3 is 1.94 bits per heavy atom. The van der Waals surface area contributed by atoms with Gasteiger partial charge in [-0.15, -0.1) is 0 Å². The normalized spacial score (nSPS) is 12.2. The number of unbranched alkanes of at least 4 members (excludes halogenated alkanes) is 2. The molecule has 1 heterocycles. The first-order valence-electron chi connectivity index (χ1n) is 14.4. The maximum absolute atomic E-state index is 12.9. The molecule has 1 aromatic heterocycles. The molecule has 0 fully saturated rings. The average Bonchev–Trinajstić information content (AvgIpc) is 3.50. The molecule has 0 radical (unpaired) electrons. The molecule has 3 aromatic rings. The Balaban J connectivity index is 0.000000658. The lowest BCUT2D eigenvalue weighted by Gasteiger charge is -2.26. The Hall–Kier alpha value is -4.47. The summed E-state index contributed by atoms with van der Waals surface area (Å²) in [7, 11) is 1.78. The van der Waals surface area contributed by atoms with Gasteiger partial charge in [0.2, 0.25) is 5.91 Å². The Morgan fingerprint density at radius 1 is 0.872 bits per heavy atom. The number of nitrogens with zero attached hydrogens (tertiary/aromatic N) is 1.